The van der Waals surface area contributed by atoms with E-state index in [0.717, 1.165) is 12.8 Å². The van der Waals surface area contributed by atoms with E-state index in [4.69, 9.17) is 9.15 Å². The Bertz CT molecular complexity index is 594. The second-order valence-corrected chi connectivity index (χ2v) is 5.74. The van der Waals surface area contributed by atoms with E-state index in [1.165, 1.54) is 11.8 Å². The zero-order valence-corrected chi connectivity index (χ0v) is 12.8. The van der Waals surface area contributed by atoms with Crippen molar-refractivity contribution in [2.24, 2.45) is 5.92 Å². The maximum absolute atomic E-state index is 12.4. The number of hydrogen-bond acceptors (Lipinski definition) is 3. The number of likely N-dealkylation sites (tertiary alicyclic amines) is 1. The van der Waals surface area contributed by atoms with Gasteiger partial charge in [-0.25, -0.2) is 0 Å². The summed E-state index contributed by atoms with van der Waals surface area (Å²) in [6.07, 6.45) is 3.51. The third kappa shape index (κ3) is 3.22. The SMILES string of the molecule is CO[C@@H]1CCN(C(=O)c2ccco2)C[C@@H]1Cc1ccccc1. The van der Waals surface area contributed by atoms with Crippen molar-refractivity contribution in [1.29, 1.82) is 0 Å². The molecule has 1 aromatic carbocycles. The topological polar surface area (TPSA) is 42.7 Å². The standard InChI is InChI=1S/C18H21NO3/c1-21-16-9-10-19(18(20)17-8-5-11-22-17)13-15(16)12-14-6-3-2-4-7-14/h2-8,11,15-16H,9-10,12-13H2,1H3/t15-,16+/m0/s1. The Morgan fingerprint density at radius 1 is 1.27 bits per heavy atom. The number of amides is 1. The predicted molar refractivity (Wildman–Crippen MR) is 83.7 cm³/mol. The van der Waals surface area contributed by atoms with Gasteiger partial charge < -0.3 is 14.1 Å². The summed E-state index contributed by atoms with van der Waals surface area (Å²) >= 11 is 0. The molecular formula is C18H21NO3. The number of ether oxygens (including phenoxy) is 1. The fourth-order valence-electron chi connectivity index (χ4n) is 3.17. The fraction of sp³-hybridized carbons (Fsp3) is 0.389. The quantitative estimate of drug-likeness (QED) is 0.871. The number of rotatable bonds is 4. The number of piperidine rings is 1. The van der Waals surface area contributed by atoms with Crippen LogP contribution in [0.3, 0.4) is 0 Å². The third-order valence-electron chi connectivity index (χ3n) is 4.33. The van der Waals surface area contributed by atoms with Crippen molar-refractivity contribution in [3.8, 4) is 0 Å². The first-order valence-corrected chi connectivity index (χ1v) is 7.67. The highest BCUT2D eigenvalue weighted by molar-refractivity contribution is 5.91. The number of nitrogens with zero attached hydrogens (tertiary/aromatic N) is 1. The van der Waals surface area contributed by atoms with Crippen LogP contribution in [0.4, 0.5) is 0 Å². The van der Waals surface area contributed by atoms with Crippen LogP contribution in [0, 0.1) is 5.92 Å². The molecule has 0 unspecified atom stereocenters. The Morgan fingerprint density at radius 2 is 2.09 bits per heavy atom. The molecule has 2 aromatic rings. The van der Waals surface area contributed by atoms with E-state index < -0.39 is 0 Å². The smallest absolute Gasteiger partial charge is 0.289 e. The Hall–Kier alpha value is -2.07. The Balaban J connectivity index is 1.71. The summed E-state index contributed by atoms with van der Waals surface area (Å²) in [5.74, 6) is 0.687. The van der Waals surface area contributed by atoms with Crippen LogP contribution in [0.15, 0.2) is 53.1 Å². The van der Waals surface area contributed by atoms with Gasteiger partial charge in [0.1, 0.15) is 0 Å². The van der Waals surface area contributed by atoms with Crippen LogP contribution in [0.25, 0.3) is 0 Å². The van der Waals surface area contributed by atoms with Crippen LogP contribution in [-0.2, 0) is 11.2 Å². The molecule has 0 aliphatic carbocycles. The van der Waals surface area contributed by atoms with Gasteiger partial charge in [-0.3, -0.25) is 4.79 Å². The van der Waals surface area contributed by atoms with Crippen molar-refractivity contribution in [1.82, 2.24) is 4.90 Å². The number of benzene rings is 1. The molecule has 2 atom stereocenters. The molecular weight excluding hydrogens is 278 g/mol. The van der Waals surface area contributed by atoms with E-state index in [1.54, 1.807) is 19.2 Å². The van der Waals surface area contributed by atoms with Crippen molar-refractivity contribution in [2.45, 2.75) is 18.9 Å². The number of furan rings is 1. The Morgan fingerprint density at radius 3 is 2.77 bits per heavy atom. The second kappa shape index (κ2) is 6.79. The van der Waals surface area contributed by atoms with Gasteiger partial charge in [0.15, 0.2) is 5.76 Å². The summed E-state index contributed by atoms with van der Waals surface area (Å²) in [5, 5.41) is 0. The molecule has 1 saturated heterocycles. The minimum Gasteiger partial charge on any atom is -0.459 e. The monoisotopic (exact) mass is 299 g/mol. The number of hydrogen-bond donors (Lipinski definition) is 0. The molecule has 4 nitrogen and oxygen atoms in total. The summed E-state index contributed by atoms with van der Waals surface area (Å²) in [6.45, 7) is 1.41. The molecule has 1 fully saturated rings. The minimum atomic E-state index is -0.0300. The molecule has 1 amide bonds. The molecule has 4 heteroatoms. The Labute approximate surface area is 130 Å². The van der Waals surface area contributed by atoms with Crippen LogP contribution in [0.2, 0.25) is 0 Å². The van der Waals surface area contributed by atoms with Crippen LogP contribution >= 0.6 is 0 Å². The van der Waals surface area contributed by atoms with Gasteiger partial charge in [0.05, 0.1) is 12.4 Å². The summed E-state index contributed by atoms with van der Waals surface area (Å²) in [7, 11) is 1.76. The molecule has 116 valence electrons. The molecule has 1 aliphatic rings. The van der Waals surface area contributed by atoms with E-state index in [9.17, 15) is 4.79 Å². The van der Waals surface area contributed by atoms with Gasteiger partial charge >= 0.3 is 0 Å². The fourth-order valence-corrected chi connectivity index (χ4v) is 3.17. The molecule has 0 N–H and O–H groups in total. The predicted octanol–water partition coefficient (Wildman–Crippen LogP) is 3.00. The highest BCUT2D eigenvalue weighted by atomic mass is 16.5. The van der Waals surface area contributed by atoms with Gasteiger partial charge in [-0.05, 0) is 30.5 Å². The maximum atomic E-state index is 12.4. The van der Waals surface area contributed by atoms with Crippen LogP contribution < -0.4 is 0 Å². The normalized spacial score (nSPS) is 21.8. The highest BCUT2D eigenvalue weighted by Crippen LogP contribution is 2.25. The third-order valence-corrected chi connectivity index (χ3v) is 4.33. The molecule has 22 heavy (non-hydrogen) atoms. The van der Waals surface area contributed by atoms with Crippen molar-refractivity contribution in [2.75, 3.05) is 20.2 Å². The molecule has 0 saturated carbocycles. The van der Waals surface area contributed by atoms with Crippen molar-refractivity contribution < 1.29 is 13.9 Å². The van der Waals surface area contributed by atoms with E-state index >= 15 is 0 Å². The van der Waals surface area contributed by atoms with E-state index in [0.29, 0.717) is 24.8 Å². The highest BCUT2D eigenvalue weighted by Gasteiger charge is 2.32. The van der Waals surface area contributed by atoms with E-state index in [1.807, 2.05) is 23.1 Å². The molecule has 2 heterocycles. The van der Waals surface area contributed by atoms with Gasteiger partial charge in [0.2, 0.25) is 0 Å². The maximum Gasteiger partial charge on any atom is 0.289 e. The largest absolute Gasteiger partial charge is 0.459 e. The first-order valence-electron chi connectivity index (χ1n) is 7.67. The summed E-state index contributed by atoms with van der Waals surface area (Å²) in [4.78, 5) is 14.3. The summed E-state index contributed by atoms with van der Waals surface area (Å²) in [6, 6.07) is 13.8. The van der Waals surface area contributed by atoms with Crippen molar-refractivity contribution in [3.05, 3.63) is 60.1 Å². The molecule has 3 rings (SSSR count). The first kappa shape index (κ1) is 14.9. The van der Waals surface area contributed by atoms with Gasteiger partial charge in [-0.1, -0.05) is 30.3 Å². The lowest BCUT2D eigenvalue weighted by atomic mass is 9.88. The zero-order valence-electron chi connectivity index (χ0n) is 12.8. The lowest BCUT2D eigenvalue weighted by molar-refractivity contribution is -0.00389. The zero-order chi connectivity index (χ0) is 15.4. The average molecular weight is 299 g/mol. The summed E-state index contributed by atoms with van der Waals surface area (Å²) < 4.78 is 10.9. The van der Waals surface area contributed by atoms with Gasteiger partial charge in [0, 0.05) is 26.1 Å². The molecule has 1 aromatic heterocycles. The van der Waals surface area contributed by atoms with Gasteiger partial charge in [-0.2, -0.15) is 0 Å². The number of carbonyl (C=O) groups is 1. The van der Waals surface area contributed by atoms with Crippen LogP contribution in [0.1, 0.15) is 22.5 Å². The molecule has 0 bridgehead atoms. The van der Waals surface area contributed by atoms with Gasteiger partial charge in [0.25, 0.3) is 5.91 Å². The van der Waals surface area contributed by atoms with Crippen molar-refractivity contribution >= 4 is 5.91 Å². The number of methoxy groups -OCH3 is 1. The molecule has 0 radical (unpaired) electrons. The minimum absolute atomic E-state index is 0.0300. The van der Waals surface area contributed by atoms with E-state index in [2.05, 4.69) is 12.1 Å². The van der Waals surface area contributed by atoms with Crippen LogP contribution in [-0.4, -0.2) is 37.1 Å². The number of carbonyl (C=O) groups excluding carboxylic acids is 1. The summed E-state index contributed by atoms with van der Waals surface area (Å²) in [5.41, 5.74) is 1.28. The average Bonchev–Trinajstić information content (AvgIpc) is 3.09. The van der Waals surface area contributed by atoms with E-state index in [-0.39, 0.29) is 12.0 Å². The lowest BCUT2D eigenvalue weighted by Gasteiger charge is -2.37. The first-order chi connectivity index (χ1) is 10.8. The molecule has 1 aliphatic heterocycles. The second-order valence-electron chi connectivity index (χ2n) is 5.74. The Kier molecular flexibility index (Phi) is 4.59. The van der Waals surface area contributed by atoms with Crippen molar-refractivity contribution in [3.63, 3.8) is 0 Å². The van der Waals surface area contributed by atoms with Crippen LogP contribution in [0.5, 0.6) is 0 Å². The van der Waals surface area contributed by atoms with Gasteiger partial charge in [-0.15, -0.1) is 0 Å². The lowest BCUT2D eigenvalue weighted by Crippen LogP contribution is -2.47. The molecule has 0 spiro atoms.